The highest BCUT2D eigenvalue weighted by molar-refractivity contribution is 5.62. The third kappa shape index (κ3) is 3.32. The molecule has 0 aliphatic carbocycles. The molecule has 0 unspecified atom stereocenters. The molecule has 0 bridgehead atoms. The molecular weight excluding hydrogens is 180 g/mol. The first-order valence-corrected chi connectivity index (χ1v) is 3.98. The number of hydrogen-bond acceptors (Lipinski definition) is 5. The number of carbonyl (C=O) groups excluding carboxylic acids is 1. The molecule has 4 N–H and O–H groups in total. The number of hydrogen-bond donors (Lipinski definition) is 2. The molecule has 0 amide bonds. The van der Waals surface area contributed by atoms with Crippen molar-refractivity contribution in [3.63, 3.8) is 0 Å². The van der Waals surface area contributed by atoms with Crippen molar-refractivity contribution in [2.24, 2.45) is 5.73 Å². The maximum absolute atomic E-state index is 8.00. The van der Waals surface area contributed by atoms with Crippen LogP contribution in [0.15, 0.2) is 12.4 Å². The molecule has 1 aromatic rings. The van der Waals surface area contributed by atoms with E-state index < -0.39 is 0 Å². The van der Waals surface area contributed by atoms with Gasteiger partial charge in [-0.2, -0.15) is 0 Å². The van der Waals surface area contributed by atoms with E-state index in [1.807, 2.05) is 25.9 Å². The van der Waals surface area contributed by atoms with Gasteiger partial charge in [0.2, 0.25) is 0 Å². The van der Waals surface area contributed by atoms with Crippen LogP contribution in [0.1, 0.15) is 11.3 Å². The molecule has 0 atom stereocenters. The summed E-state index contributed by atoms with van der Waals surface area (Å²) in [5, 5.41) is 0. The summed E-state index contributed by atoms with van der Waals surface area (Å²) in [5.41, 5.74) is 12.6. The lowest BCUT2D eigenvalue weighted by Crippen LogP contribution is -1.99. The predicted molar refractivity (Wildman–Crippen MR) is 56.4 cm³/mol. The van der Waals surface area contributed by atoms with Crippen LogP contribution in [-0.2, 0) is 4.79 Å². The van der Waals surface area contributed by atoms with Gasteiger partial charge >= 0.3 is 0 Å². The fourth-order valence-corrected chi connectivity index (χ4v) is 0.894. The maximum atomic E-state index is 8.00. The van der Waals surface area contributed by atoms with Gasteiger partial charge in [-0.15, -0.1) is 0 Å². The molecule has 0 saturated heterocycles. The Kier molecular flexibility index (Phi) is 5.89. The normalized spacial score (nSPS) is 9.57. The molecule has 0 aliphatic heterocycles. The molecule has 5 heteroatoms. The summed E-state index contributed by atoms with van der Waals surface area (Å²) in [6.45, 7) is 4.38. The van der Waals surface area contributed by atoms with Crippen LogP contribution in [0.3, 0.4) is 0 Å². The molecule has 14 heavy (non-hydrogen) atoms. The first kappa shape index (κ1) is 12.2. The van der Waals surface area contributed by atoms with E-state index in [4.69, 9.17) is 16.3 Å². The van der Waals surface area contributed by atoms with E-state index in [9.17, 15) is 0 Å². The van der Waals surface area contributed by atoms with Crippen molar-refractivity contribution in [3.8, 4) is 0 Å². The van der Waals surface area contributed by atoms with Crippen molar-refractivity contribution in [1.82, 2.24) is 9.97 Å². The van der Waals surface area contributed by atoms with Gasteiger partial charge < -0.3 is 16.3 Å². The second kappa shape index (κ2) is 6.73. The highest BCUT2D eigenvalue weighted by atomic mass is 16.1. The minimum atomic E-state index is 0.493. The zero-order chi connectivity index (χ0) is 11.0. The minimum Gasteiger partial charge on any atom is -0.383 e. The Morgan fingerprint density at radius 2 is 2.14 bits per heavy atom. The molecule has 1 rings (SSSR count). The highest BCUT2D eigenvalue weighted by Crippen LogP contribution is 2.12. The van der Waals surface area contributed by atoms with E-state index in [1.54, 1.807) is 0 Å². The average molecular weight is 194 g/mol. The van der Waals surface area contributed by atoms with E-state index in [2.05, 4.69) is 9.97 Å². The fraction of sp³-hybridized carbons (Fsp3) is 0.222. The SMILES string of the molecule is C=O.Cc1ncnc(N)c1/C=C\CN. The average Bonchev–Trinajstić information content (AvgIpc) is 2.20. The van der Waals surface area contributed by atoms with E-state index in [0.29, 0.717) is 12.4 Å². The third-order valence-electron chi connectivity index (χ3n) is 1.53. The Labute approximate surface area is 82.9 Å². The van der Waals surface area contributed by atoms with Gasteiger partial charge in [0.15, 0.2) is 0 Å². The molecule has 76 valence electrons. The summed E-state index contributed by atoms with van der Waals surface area (Å²) in [4.78, 5) is 15.9. The van der Waals surface area contributed by atoms with Crippen LogP contribution in [-0.4, -0.2) is 23.3 Å². The molecule has 5 nitrogen and oxygen atoms in total. The van der Waals surface area contributed by atoms with Gasteiger partial charge in [0.1, 0.15) is 18.9 Å². The Hall–Kier alpha value is -1.75. The van der Waals surface area contributed by atoms with Crippen LogP contribution in [0.25, 0.3) is 6.08 Å². The topological polar surface area (TPSA) is 94.9 Å². The Morgan fingerprint density at radius 1 is 1.50 bits per heavy atom. The minimum absolute atomic E-state index is 0.493. The summed E-state index contributed by atoms with van der Waals surface area (Å²) < 4.78 is 0. The van der Waals surface area contributed by atoms with E-state index in [1.165, 1.54) is 6.33 Å². The van der Waals surface area contributed by atoms with Gasteiger partial charge in [0.05, 0.1) is 5.69 Å². The van der Waals surface area contributed by atoms with Crippen molar-refractivity contribution in [2.45, 2.75) is 6.92 Å². The lowest BCUT2D eigenvalue weighted by molar-refractivity contribution is -0.0979. The lowest BCUT2D eigenvalue weighted by Gasteiger charge is -2.00. The Morgan fingerprint density at radius 3 is 2.64 bits per heavy atom. The van der Waals surface area contributed by atoms with Gasteiger partial charge in [-0.05, 0) is 6.92 Å². The van der Waals surface area contributed by atoms with Crippen molar-refractivity contribution in [2.75, 3.05) is 12.3 Å². The maximum Gasteiger partial charge on any atom is 0.134 e. The van der Waals surface area contributed by atoms with Crippen molar-refractivity contribution in [3.05, 3.63) is 23.7 Å². The van der Waals surface area contributed by atoms with Gasteiger partial charge in [-0.25, -0.2) is 9.97 Å². The smallest absolute Gasteiger partial charge is 0.134 e. The highest BCUT2D eigenvalue weighted by Gasteiger charge is 1.99. The largest absolute Gasteiger partial charge is 0.383 e. The molecule has 0 aliphatic rings. The first-order chi connectivity index (χ1) is 6.75. The van der Waals surface area contributed by atoms with E-state index in [0.717, 1.165) is 11.3 Å². The van der Waals surface area contributed by atoms with Gasteiger partial charge in [0, 0.05) is 12.1 Å². The van der Waals surface area contributed by atoms with Crippen LogP contribution in [0.2, 0.25) is 0 Å². The summed E-state index contributed by atoms with van der Waals surface area (Å²) in [7, 11) is 0. The summed E-state index contributed by atoms with van der Waals surface area (Å²) in [6, 6.07) is 0. The summed E-state index contributed by atoms with van der Waals surface area (Å²) in [5.74, 6) is 0.493. The van der Waals surface area contributed by atoms with Crippen molar-refractivity contribution in [1.29, 1.82) is 0 Å². The molecule has 1 aromatic heterocycles. The third-order valence-corrected chi connectivity index (χ3v) is 1.53. The zero-order valence-corrected chi connectivity index (χ0v) is 8.10. The quantitative estimate of drug-likeness (QED) is 0.699. The monoisotopic (exact) mass is 194 g/mol. The Balaban J connectivity index is 0.000000791. The molecule has 1 heterocycles. The second-order valence-electron chi connectivity index (χ2n) is 2.40. The molecule has 0 aromatic carbocycles. The molecule has 0 saturated carbocycles. The molecule has 0 spiro atoms. The van der Waals surface area contributed by atoms with Crippen LogP contribution in [0.4, 0.5) is 5.82 Å². The van der Waals surface area contributed by atoms with Crippen LogP contribution < -0.4 is 11.5 Å². The van der Waals surface area contributed by atoms with Crippen LogP contribution in [0.5, 0.6) is 0 Å². The van der Waals surface area contributed by atoms with Gasteiger partial charge in [-0.1, -0.05) is 12.2 Å². The van der Waals surface area contributed by atoms with Crippen LogP contribution >= 0.6 is 0 Å². The molecular formula is C9H14N4O. The standard InChI is InChI=1S/C8H12N4.CH2O/c1-6-7(3-2-4-9)8(10)12-5-11-6;1-2/h2-3,5H,4,9H2,1H3,(H2,10,11,12);1H2/b3-2-;. The number of nitrogens with two attached hydrogens (primary N) is 2. The number of rotatable bonds is 2. The van der Waals surface area contributed by atoms with E-state index in [-0.39, 0.29) is 0 Å². The van der Waals surface area contributed by atoms with Crippen LogP contribution in [0, 0.1) is 6.92 Å². The Bertz CT molecular complexity index is 291. The summed E-state index contributed by atoms with van der Waals surface area (Å²) >= 11 is 0. The number of aromatic nitrogens is 2. The zero-order valence-electron chi connectivity index (χ0n) is 8.10. The number of anilines is 1. The predicted octanol–water partition coefficient (Wildman–Crippen LogP) is 0.154. The first-order valence-electron chi connectivity index (χ1n) is 3.98. The van der Waals surface area contributed by atoms with Gasteiger partial charge in [-0.3, -0.25) is 0 Å². The fourth-order valence-electron chi connectivity index (χ4n) is 0.894. The number of aryl methyl sites for hydroxylation is 1. The number of carbonyl (C=O) groups is 1. The van der Waals surface area contributed by atoms with Crippen molar-refractivity contribution < 1.29 is 4.79 Å². The molecule has 0 radical (unpaired) electrons. The van der Waals surface area contributed by atoms with E-state index >= 15 is 0 Å². The van der Waals surface area contributed by atoms with Gasteiger partial charge in [0.25, 0.3) is 0 Å². The number of nitrogens with zero attached hydrogens (tertiary/aromatic N) is 2. The summed E-state index contributed by atoms with van der Waals surface area (Å²) in [6.07, 6.45) is 5.11. The lowest BCUT2D eigenvalue weighted by atomic mass is 10.2. The molecule has 0 fully saturated rings. The number of nitrogen functional groups attached to an aromatic ring is 1. The van der Waals surface area contributed by atoms with Crippen molar-refractivity contribution >= 4 is 18.7 Å². The second-order valence-corrected chi connectivity index (χ2v) is 2.40.